The number of hydrogen-bond acceptors (Lipinski definition) is 5. The minimum atomic E-state index is -0.342. The highest BCUT2D eigenvalue weighted by atomic mass is 16.1. The molecule has 0 spiro atoms. The summed E-state index contributed by atoms with van der Waals surface area (Å²) in [5.74, 6) is 0. The molecular weight excluding hydrogens is 276 g/mol. The van der Waals surface area contributed by atoms with E-state index >= 15 is 0 Å². The minimum absolute atomic E-state index is 0.342. The molecule has 0 radical (unpaired) electrons. The number of pyridine rings is 2. The van der Waals surface area contributed by atoms with E-state index in [0.717, 1.165) is 49.0 Å². The Bertz CT molecular complexity index is 613. The summed E-state index contributed by atoms with van der Waals surface area (Å²) in [5, 5.41) is 0. The topological polar surface area (TPSA) is 81.2 Å². The number of aldehydes is 1. The van der Waals surface area contributed by atoms with Crippen LogP contribution >= 0.6 is 0 Å². The zero-order valence-electron chi connectivity index (χ0n) is 12.4. The number of hydrogen-bond donors (Lipinski definition) is 1. The fraction of sp³-hybridized carbons (Fsp3) is 0.294. The van der Waals surface area contributed by atoms with Gasteiger partial charge in [-0.3, -0.25) is 15.0 Å². The summed E-state index contributed by atoms with van der Waals surface area (Å²) in [6.07, 6.45) is 8.70. The van der Waals surface area contributed by atoms with Crippen LogP contribution in [0.1, 0.15) is 24.8 Å². The second kappa shape index (κ2) is 8.79. The number of nitrogens with two attached hydrogens (primary N) is 1. The van der Waals surface area contributed by atoms with Crippen molar-refractivity contribution in [3.63, 3.8) is 0 Å². The van der Waals surface area contributed by atoms with E-state index in [1.165, 1.54) is 0 Å². The highest BCUT2D eigenvalue weighted by molar-refractivity contribution is 5.81. The molecule has 2 heterocycles. The van der Waals surface area contributed by atoms with Gasteiger partial charge in [0.15, 0.2) is 0 Å². The lowest BCUT2D eigenvalue weighted by atomic mass is 10.1. The summed E-state index contributed by atoms with van der Waals surface area (Å²) in [7, 11) is 0. The van der Waals surface area contributed by atoms with Gasteiger partial charge in [0.2, 0.25) is 0 Å². The zero-order valence-corrected chi connectivity index (χ0v) is 12.4. The lowest BCUT2D eigenvalue weighted by Gasteiger charge is -2.02. The van der Waals surface area contributed by atoms with Crippen LogP contribution in [-0.4, -0.2) is 35.1 Å². The predicted octanol–water partition coefficient (Wildman–Crippen LogP) is 2.26. The normalized spacial score (nSPS) is 12.4. The largest absolute Gasteiger partial charge is 0.322 e. The van der Waals surface area contributed by atoms with Crippen molar-refractivity contribution in [2.24, 2.45) is 10.7 Å². The van der Waals surface area contributed by atoms with Crippen molar-refractivity contribution in [3.05, 3.63) is 48.3 Å². The van der Waals surface area contributed by atoms with Gasteiger partial charge in [-0.15, -0.1) is 0 Å². The van der Waals surface area contributed by atoms with E-state index in [1.807, 2.05) is 36.5 Å². The maximum Gasteiger partial charge on any atom is 0.136 e. The van der Waals surface area contributed by atoms with E-state index in [2.05, 4.69) is 15.0 Å². The summed E-state index contributed by atoms with van der Waals surface area (Å²) in [6.45, 7) is 0.729. The van der Waals surface area contributed by atoms with E-state index < -0.39 is 0 Å². The maximum absolute atomic E-state index is 10.4. The van der Waals surface area contributed by atoms with E-state index in [0.29, 0.717) is 0 Å². The number of nitrogens with zero attached hydrogens (tertiary/aromatic N) is 3. The maximum atomic E-state index is 10.4. The second-order valence-corrected chi connectivity index (χ2v) is 5.02. The molecule has 1 atom stereocenters. The molecule has 22 heavy (non-hydrogen) atoms. The summed E-state index contributed by atoms with van der Waals surface area (Å²) in [6, 6.07) is 9.29. The predicted molar refractivity (Wildman–Crippen MR) is 87.8 cm³/mol. The second-order valence-electron chi connectivity index (χ2n) is 5.02. The molecule has 5 heteroatoms. The third-order valence-corrected chi connectivity index (χ3v) is 3.20. The first kappa shape index (κ1) is 16.0. The van der Waals surface area contributed by atoms with Crippen molar-refractivity contribution in [2.45, 2.75) is 25.3 Å². The molecule has 0 aliphatic rings. The van der Waals surface area contributed by atoms with E-state index in [1.54, 1.807) is 12.4 Å². The number of aromatic nitrogens is 2. The molecule has 0 saturated carbocycles. The van der Waals surface area contributed by atoms with Crippen molar-refractivity contribution >= 4 is 12.5 Å². The first-order valence-electron chi connectivity index (χ1n) is 7.38. The van der Waals surface area contributed by atoms with Crippen molar-refractivity contribution in [2.75, 3.05) is 6.54 Å². The molecular formula is C17H20N4O. The number of carbonyl (C=O) groups excluding carboxylic acids is 1. The monoisotopic (exact) mass is 296 g/mol. The summed E-state index contributed by atoms with van der Waals surface area (Å²) in [5.41, 5.74) is 8.21. The van der Waals surface area contributed by atoms with Crippen LogP contribution in [0.4, 0.5) is 0 Å². The number of aliphatic imine (C=N–C) groups is 1. The van der Waals surface area contributed by atoms with Gasteiger partial charge in [-0.05, 0) is 49.1 Å². The summed E-state index contributed by atoms with van der Waals surface area (Å²) in [4.78, 5) is 23.4. The molecule has 0 saturated heterocycles. The first-order chi connectivity index (χ1) is 10.8. The molecule has 5 nitrogen and oxygen atoms in total. The molecule has 0 fully saturated rings. The van der Waals surface area contributed by atoms with Gasteiger partial charge in [-0.1, -0.05) is 6.07 Å². The lowest BCUT2D eigenvalue weighted by Crippen LogP contribution is -2.20. The average molecular weight is 296 g/mol. The van der Waals surface area contributed by atoms with Gasteiger partial charge in [-0.25, -0.2) is 0 Å². The summed E-state index contributed by atoms with van der Waals surface area (Å²) >= 11 is 0. The molecule has 0 bridgehead atoms. The third kappa shape index (κ3) is 5.18. The van der Waals surface area contributed by atoms with Gasteiger partial charge >= 0.3 is 0 Å². The SMILES string of the molecule is NC(C=O)CCCCN=Cc1ccnc(-c2ccccn2)c1. The Hall–Kier alpha value is -2.40. The van der Waals surface area contributed by atoms with Crippen LogP contribution in [0.5, 0.6) is 0 Å². The average Bonchev–Trinajstić information content (AvgIpc) is 2.58. The van der Waals surface area contributed by atoms with Crippen LogP contribution in [0, 0.1) is 0 Å². The number of rotatable bonds is 8. The van der Waals surface area contributed by atoms with Crippen molar-refractivity contribution in [1.29, 1.82) is 0 Å². The lowest BCUT2D eigenvalue weighted by molar-refractivity contribution is -0.109. The van der Waals surface area contributed by atoms with Gasteiger partial charge in [0.25, 0.3) is 0 Å². The van der Waals surface area contributed by atoms with Crippen LogP contribution in [0.15, 0.2) is 47.7 Å². The molecule has 0 amide bonds. The highest BCUT2D eigenvalue weighted by Crippen LogP contribution is 2.13. The van der Waals surface area contributed by atoms with E-state index in [-0.39, 0.29) is 6.04 Å². The van der Waals surface area contributed by atoms with Gasteiger partial charge in [0.05, 0.1) is 17.4 Å². The standard InChI is InChI=1S/C17H20N4O/c18-15(13-22)5-1-3-8-19-12-14-7-10-21-17(11-14)16-6-2-4-9-20-16/h2,4,6-7,9-13,15H,1,3,5,8,18H2. The molecule has 2 aromatic rings. The summed E-state index contributed by atoms with van der Waals surface area (Å²) < 4.78 is 0. The van der Waals surface area contributed by atoms with Crippen LogP contribution in [0.25, 0.3) is 11.4 Å². The Morgan fingerprint density at radius 1 is 1.14 bits per heavy atom. The number of carbonyl (C=O) groups is 1. The van der Waals surface area contributed by atoms with Gasteiger partial charge in [-0.2, -0.15) is 0 Å². The molecule has 0 aliphatic carbocycles. The fourth-order valence-corrected chi connectivity index (χ4v) is 2.00. The highest BCUT2D eigenvalue weighted by Gasteiger charge is 2.00. The molecule has 2 aromatic heterocycles. The Kier molecular flexibility index (Phi) is 6.39. The fourth-order valence-electron chi connectivity index (χ4n) is 2.00. The van der Waals surface area contributed by atoms with Crippen LogP contribution in [0.2, 0.25) is 0 Å². The quantitative estimate of drug-likeness (QED) is 0.460. The minimum Gasteiger partial charge on any atom is -0.322 e. The Balaban J connectivity index is 1.85. The van der Waals surface area contributed by atoms with Crippen molar-refractivity contribution in [3.8, 4) is 11.4 Å². The Morgan fingerprint density at radius 2 is 2.00 bits per heavy atom. The van der Waals surface area contributed by atoms with Gasteiger partial charge in [0.1, 0.15) is 6.29 Å². The van der Waals surface area contributed by atoms with Crippen molar-refractivity contribution in [1.82, 2.24) is 9.97 Å². The molecule has 114 valence electrons. The first-order valence-corrected chi connectivity index (χ1v) is 7.38. The van der Waals surface area contributed by atoms with E-state index in [9.17, 15) is 4.79 Å². The smallest absolute Gasteiger partial charge is 0.136 e. The molecule has 2 rings (SSSR count). The van der Waals surface area contributed by atoms with Gasteiger partial charge in [0, 0.05) is 25.2 Å². The Labute approximate surface area is 130 Å². The van der Waals surface area contributed by atoms with Crippen LogP contribution < -0.4 is 5.73 Å². The molecule has 1 unspecified atom stereocenters. The third-order valence-electron chi connectivity index (χ3n) is 3.20. The van der Waals surface area contributed by atoms with Crippen LogP contribution in [0.3, 0.4) is 0 Å². The van der Waals surface area contributed by atoms with Gasteiger partial charge < -0.3 is 10.5 Å². The number of unbranched alkanes of at least 4 members (excludes halogenated alkanes) is 1. The van der Waals surface area contributed by atoms with E-state index in [4.69, 9.17) is 5.73 Å². The molecule has 0 aromatic carbocycles. The van der Waals surface area contributed by atoms with Crippen molar-refractivity contribution < 1.29 is 4.79 Å². The van der Waals surface area contributed by atoms with Crippen LogP contribution in [-0.2, 0) is 4.79 Å². The molecule has 2 N–H and O–H groups in total. The molecule has 0 aliphatic heterocycles. The Morgan fingerprint density at radius 3 is 2.77 bits per heavy atom. The zero-order chi connectivity index (χ0) is 15.6.